The van der Waals surface area contributed by atoms with Crippen molar-refractivity contribution >= 4 is 33.6 Å². The van der Waals surface area contributed by atoms with Crippen molar-refractivity contribution in [2.45, 2.75) is 373 Å². The van der Waals surface area contributed by atoms with Gasteiger partial charge in [-0.2, -0.15) is 0 Å². The van der Waals surface area contributed by atoms with Crippen LogP contribution in [0.4, 0.5) is 0 Å². The predicted octanol–water partition coefficient (Wildman–Crippen LogP) is 26.0. The fourth-order valence-corrected chi connectivity index (χ4v) is 13.1. The van der Waals surface area contributed by atoms with Gasteiger partial charge in [-0.25, -0.2) is 9.13 Å². The first-order valence-corrected chi connectivity index (χ1v) is 46.1. The first-order valence-electron chi connectivity index (χ1n) is 43.1. The van der Waals surface area contributed by atoms with Crippen LogP contribution in [0.5, 0.6) is 0 Å². The van der Waals surface area contributed by atoms with Gasteiger partial charge in [0.25, 0.3) is 0 Å². The Morgan fingerprint density at radius 2 is 0.505 bits per heavy atom. The number of carbonyl (C=O) groups excluding carboxylic acids is 3. The van der Waals surface area contributed by atoms with Crippen molar-refractivity contribution in [3.05, 3.63) is 146 Å². The number of ether oxygens (including phenoxy) is 3. The molecule has 0 fully saturated rings. The molecular formula is C91H156O16P2. The Kier molecular flexibility index (Phi) is 79.4. The molecule has 0 aromatic heterocycles. The molecule has 0 aromatic rings. The topological polar surface area (TPSA) is 231 Å². The van der Waals surface area contributed by atoms with Crippen molar-refractivity contribution in [2.24, 2.45) is 0 Å². The van der Waals surface area contributed by atoms with Crippen LogP contribution < -0.4 is 0 Å². The number of carbonyl (C=O) groups is 3. The molecule has 109 heavy (non-hydrogen) atoms. The number of aliphatic hydroxyl groups excluding tert-OH is 2. The summed E-state index contributed by atoms with van der Waals surface area (Å²) in [6.07, 6.45) is 103. The van der Waals surface area contributed by atoms with E-state index in [1.807, 2.05) is 0 Å². The van der Waals surface area contributed by atoms with Gasteiger partial charge in [0.15, 0.2) is 6.10 Å². The Labute approximate surface area is 664 Å². The fourth-order valence-electron chi connectivity index (χ4n) is 11.5. The maximum absolute atomic E-state index is 13.0. The van der Waals surface area contributed by atoms with Gasteiger partial charge < -0.3 is 34.2 Å². The smallest absolute Gasteiger partial charge is 0.463 e. The number of esters is 3. The average Bonchev–Trinajstić information content (AvgIpc) is 0.905. The van der Waals surface area contributed by atoms with Gasteiger partial charge in [0.2, 0.25) is 0 Å². The molecule has 0 saturated carbocycles. The van der Waals surface area contributed by atoms with E-state index in [2.05, 4.69) is 167 Å². The van der Waals surface area contributed by atoms with Gasteiger partial charge in [0.1, 0.15) is 25.4 Å². The summed E-state index contributed by atoms with van der Waals surface area (Å²) in [5, 5.41) is 20.7. The highest BCUT2D eigenvalue weighted by atomic mass is 31.2. The molecule has 0 heterocycles. The minimum Gasteiger partial charge on any atom is -0.463 e. The van der Waals surface area contributed by atoms with Gasteiger partial charge >= 0.3 is 33.6 Å². The lowest BCUT2D eigenvalue weighted by molar-refractivity contribution is -0.161. The third-order valence-electron chi connectivity index (χ3n) is 18.0. The van der Waals surface area contributed by atoms with Crippen molar-refractivity contribution in [2.75, 3.05) is 39.6 Å². The molecule has 4 N–H and O–H groups in total. The Balaban J connectivity index is 4.41. The maximum Gasteiger partial charge on any atom is 0.472 e. The molecule has 0 saturated heterocycles. The molecule has 0 rings (SSSR count). The van der Waals surface area contributed by atoms with Gasteiger partial charge in [-0.15, -0.1) is 0 Å². The van der Waals surface area contributed by atoms with Crippen LogP contribution in [0.1, 0.15) is 355 Å². The zero-order chi connectivity index (χ0) is 79.4. The first kappa shape index (κ1) is 104. The summed E-state index contributed by atoms with van der Waals surface area (Å²) in [6, 6.07) is 0. The summed E-state index contributed by atoms with van der Waals surface area (Å²) in [5.41, 5.74) is 0. The van der Waals surface area contributed by atoms with Crippen molar-refractivity contribution in [3.63, 3.8) is 0 Å². The highest BCUT2D eigenvalue weighted by molar-refractivity contribution is 7.47. The van der Waals surface area contributed by atoms with E-state index in [9.17, 15) is 43.5 Å². The largest absolute Gasteiger partial charge is 0.472 e. The van der Waals surface area contributed by atoms with Crippen LogP contribution in [0.2, 0.25) is 0 Å². The van der Waals surface area contributed by atoms with Gasteiger partial charge in [0, 0.05) is 19.3 Å². The Morgan fingerprint density at radius 1 is 0.266 bits per heavy atom. The van der Waals surface area contributed by atoms with Crippen LogP contribution in [-0.4, -0.2) is 95.9 Å². The van der Waals surface area contributed by atoms with Crippen molar-refractivity contribution in [3.8, 4) is 0 Å². The lowest BCUT2D eigenvalue weighted by atomic mass is 10.0. The van der Waals surface area contributed by atoms with Crippen LogP contribution in [0.15, 0.2) is 146 Å². The van der Waals surface area contributed by atoms with Crippen LogP contribution in [0.25, 0.3) is 0 Å². The first-order chi connectivity index (χ1) is 53.2. The molecule has 0 spiro atoms. The summed E-state index contributed by atoms with van der Waals surface area (Å²) < 4.78 is 61.2. The monoisotopic (exact) mass is 1570 g/mol. The minimum absolute atomic E-state index is 0.0851. The average molecular weight is 1570 g/mol. The summed E-state index contributed by atoms with van der Waals surface area (Å²) in [4.78, 5) is 58.7. The standard InChI is InChI=1S/C91H156O16P2/c1-4-7-10-13-16-19-22-25-27-29-31-33-35-37-38-39-40-41-42-43-44-45-46-48-50-51-53-55-57-60-62-65-68-71-74-77-89(94)101-80-86(92)81-103-108(97,98)104-82-87(93)83-105-109(99,100)106-85-88(107-91(96)79-76-73-70-67-64-59-24-21-18-15-12-9-6-3)84-102-90(95)78-75-72-69-66-63-61-58-56-54-52-49-47-36-34-32-30-28-26-23-20-17-14-11-8-5-2/h7,10,12,15-17,19-21,24-28,31-34,37-38,40-41,47,49,86-88,92-93H,4-6,8-9,11,13-14,18,22-23,29-30,35-36,39,42-46,48,50-85H2,1-3H3,(H,97,98)(H,99,100)/b10-7-,15-12-,19-16-,20-17-,24-21-,27-25-,28-26-,33-31-,34-32-,38-37-,41-40-,49-47-. The van der Waals surface area contributed by atoms with E-state index < -0.39 is 91.5 Å². The molecule has 0 aliphatic heterocycles. The summed E-state index contributed by atoms with van der Waals surface area (Å²) in [6.45, 7) is 2.47. The molecule has 5 unspecified atom stereocenters. The number of phosphoric acid groups is 2. The molecule has 5 atom stereocenters. The number of allylic oxidation sites excluding steroid dienone is 24. The van der Waals surface area contributed by atoms with Crippen LogP contribution in [0, 0.1) is 0 Å². The number of aliphatic hydroxyl groups is 2. The van der Waals surface area contributed by atoms with E-state index in [1.165, 1.54) is 135 Å². The molecule has 16 nitrogen and oxygen atoms in total. The highest BCUT2D eigenvalue weighted by Gasteiger charge is 2.29. The quantitative estimate of drug-likeness (QED) is 0.0146. The van der Waals surface area contributed by atoms with E-state index in [0.717, 1.165) is 161 Å². The van der Waals surface area contributed by atoms with Crippen LogP contribution in [0.3, 0.4) is 0 Å². The fraction of sp³-hybridized carbons (Fsp3) is 0.703. The van der Waals surface area contributed by atoms with Gasteiger partial charge in [-0.3, -0.25) is 32.5 Å². The second kappa shape index (κ2) is 82.9. The number of hydrogen-bond donors (Lipinski definition) is 4. The van der Waals surface area contributed by atoms with E-state index >= 15 is 0 Å². The molecule has 0 aliphatic rings. The number of phosphoric ester groups is 2. The summed E-state index contributed by atoms with van der Waals surface area (Å²) in [7, 11) is -9.80. The molecule has 0 bridgehead atoms. The second-order valence-electron chi connectivity index (χ2n) is 28.6. The molecule has 626 valence electrons. The maximum atomic E-state index is 13.0. The van der Waals surface area contributed by atoms with Gasteiger partial charge in [-0.05, 0) is 141 Å². The van der Waals surface area contributed by atoms with E-state index in [1.54, 1.807) is 0 Å². The van der Waals surface area contributed by atoms with Crippen molar-refractivity contribution < 1.29 is 75.8 Å². The van der Waals surface area contributed by atoms with Crippen molar-refractivity contribution in [1.29, 1.82) is 0 Å². The lowest BCUT2D eigenvalue weighted by Crippen LogP contribution is -2.30. The lowest BCUT2D eigenvalue weighted by Gasteiger charge is -2.21. The molecule has 0 amide bonds. The zero-order valence-corrected chi connectivity index (χ0v) is 70.5. The third-order valence-corrected chi connectivity index (χ3v) is 19.9. The van der Waals surface area contributed by atoms with E-state index in [4.69, 9.17) is 32.3 Å². The second-order valence-corrected chi connectivity index (χ2v) is 31.5. The minimum atomic E-state index is -4.94. The van der Waals surface area contributed by atoms with Crippen molar-refractivity contribution in [1.82, 2.24) is 0 Å². The Morgan fingerprint density at radius 3 is 0.807 bits per heavy atom. The molecule has 0 aromatic carbocycles. The Bertz CT molecular complexity index is 2560. The third kappa shape index (κ3) is 84.2. The number of unbranched alkanes of at least 4 members (excludes halogenated alkanes) is 34. The number of rotatable bonds is 81. The van der Waals surface area contributed by atoms with E-state index in [0.29, 0.717) is 19.3 Å². The van der Waals surface area contributed by atoms with Gasteiger partial charge in [-0.1, -0.05) is 340 Å². The van der Waals surface area contributed by atoms with Gasteiger partial charge in [0.05, 0.1) is 26.4 Å². The highest BCUT2D eigenvalue weighted by Crippen LogP contribution is 2.45. The van der Waals surface area contributed by atoms with E-state index in [-0.39, 0.29) is 19.3 Å². The van der Waals surface area contributed by atoms with Crippen LogP contribution in [-0.2, 0) is 55.8 Å². The molecule has 0 radical (unpaired) electrons. The Hall–Kier alpha value is -4.57. The normalized spacial score (nSPS) is 14.6. The molecule has 0 aliphatic carbocycles. The zero-order valence-electron chi connectivity index (χ0n) is 68.7. The molecule has 18 heteroatoms. The molecular weight excluding hydrogens is 1410 g/mol. The number of hydrogen-bond acceptors (Lipinski definition) is 14. The SMILES string of the molecule is CC/C=C\C/C=C\C/C=C\C/C=C\C/C=C\C/C=C\CCCCCCCCCCCCCCCCCCC(=O)OCC(O)COP(=O)(O)OCC(O)COP(=O)(O)OCC(COC(=O)CCCCCCCCCCC/C=C\C/C=C\C/C=C\C/C=C\CCCCC)OC(=O)CCCCCCC/C=C\C/C=C\CCC. The summed E-state index contributed by atoms with van der Waals surface area (Å²) >= 11 is 0. The summed E-state index contributed by atoms with van der Waals surface area (Å²) in [5.74, 6) is -1.59. The predicted molar refractivity (Wildman–Crippen MR) is 454 cm³/mol. The van der Waals surface area contributed by atoms with Crippen LogP contribution >= 0.6 is 15.6 Å².